The summed E-state index contributed by atoms with van der Waals surface area (Å²) in [5.74, 6) is -1.97. The summed E-state index contributed by atoms with van der Waals surface area (Å²) in [5, 5.41) is 0. The lowest BCUT2D eigenvalue weighted by Crippen LogP contribution is -2.28. The van der Waals surface area contributed by atoms with Gasteiger partial charge in [0.1, 0.15) is 11.4 Å². The van der Waals surface area contributed by atoms with E-state index in [2.05, 4.69) is 15.9 Å². The molecule has 1 aliphatic heterocycles. The van der Waals surface area contributed by atoms with Gasteiger partial charge in [-0.15, -0.1) is 0 Å². The molecule has 2 nitrogen and oxygen atoms in total. The summed E-state index contributed by atoms with van der Waals surface area (Å²) in [7, 11) is 0. The Morgan fingerprint density at radius 2 is 1.60 bits per heavy atom. The van der Waals surface area contributed by atoms with Crippen molar-refractivity contribution in [2.24, 2.45) is 0 Å². The Hall–Kier alpha value is -2.15. The summed E-state index contributed by atoms with van der Waals surface area (Å²) in [6, 6.07) is 11.8. The summed E-state index contributed by atoms with van der Waals surface area (Å²) in [5.41, 5.74) is -2.05. The van der Waals surface area contributed by atoms with Gasteiger partial charge in [-0.05, 0) is 35.9 Å². The average Bonchev–Trinajstić information content (AvgIpc) is 2.88. The molecular weight excluding hydrogens is 404 g/mol. The third-order valence-corrected chi connectivity index (χ3v) is 4.42. The minimum atomic E-state index is -4.82. The number of rotatable bonds is 3. The highest BCUT2D eigenvalue weighted by molar-refractivity contribution is 9.10. The van der Waals surface area contributed by atoms with Gasteiger partial charge in [-0.3, -0.25) is 0 Å². The molecule has 1 unspecified atom stereocenters. The van der Waals surface area contributed by atoms with Crippen LogP contribution in [0.25, 0.3) is 0 Å². The molecule has 2 aromatic carbocycles. The van der Waals surface area contributed by atoms with Gasteiger partial charge in [-0.25, -0.2) is 9.18 Å². The standard InChI is InChI=1S/C18H11BrF4O2/c19-13-5-1-11(2-6-13)9-17(12-3-7-14(20)8-4-12)10-15(16(24)25-17)18(21,22)23/h1-8,10H,9H2. The zero-order valence-corrected chi connectivity index (χ0v) is 14.2. The predicted molar refractivity (Wildman–Crippen MR) is 86.2 cm³/mol. The van der Waals surface area contributed by atoms with Crippen LogP contribution >= 0.6 is 15.9 Å². The predicted octanol–water partition coefficient (Wildman–Crippen LogP) is 5.07. The van der Waals surface area contributed by atoms with Crippen molar-refractivity contribution in [1.29, 1.82) is 0 Å². The second-order valence-electron chi connectivity index (χ2n) is 5.64. The molecule has 1 heterocycles. The van der Waals surface area contributed by atoms with Crippen molar-refractivity contribution < 1.29 is 27.1 Å². The molecule has 0 aliphatic carbocycles. The molecule has 1 aliphatic rings. The lowest BCUT2D eigenvalue weighted by Gasteiger charge is -2.27. The largest absolute Gasteiger partial charge is 0.446 e. The van der Waals surface area contributed by atoms with Gasteiger partial charge >= 0.3 is 12.1 Å². The molecule has 0 spiro atoms. The van der Waals surface area contributed by atoms with Crippen LogP contribution in [0, 0.1) is 5.82 Å². The molecule has 0 amide bonds. The minimum absolute atomic E-state index is 0.00275. The SMILES string of the molecule is O=C1OC(Cc2ccc(Br)cc2)(c2ccc(F)cc2)C=C1C(F)(F)F. The monoisotopic (exact) mass is 414 g/mol. The van der Waals surface area contributed by atoms with Crippen LogP contribution in [0.4, 0.5) is 17.6 Å². The number of hydrogen-bond donors (Lipinski definition) is 0. The van der Waals surface area contributed by atoms with Crippen LogP contribution in [-0.4, -0.2) is 12.1 Å². The molecule has 0 saturated carbocycles. The molecule has 130 valence electrons. The molecule has 3 rings (SSSR count). The lowest BCUT2D eigenvalue weighted by atomic mass is 9.86. The summed E-state index contributed by atoms with van der Waals surface area (Å²) in [6.07, 6.45) is -4.04. The van der Waals surface area contributed by atoms with Crippen LogP contribution in [0.2, 0.25) is 0 Å². The fourth-order valence-electron chi connectivity index (χ4n) is 2.71. The number of halogens is 5. The minimum Gasteiger partial charge on any atom is -0.446 e. The Kier molecular flexibility index (Phi) is 4.45. The van der Waals surface area contributed by atoms with Crippen LogP contribution in [0.3, 0.4) is 0 Å². The van der Waals surface area contributed by atoms with Gasteiger partial charge in [0.25, 0.3) is 0 Å². The topological polar surface area (TPSA) is 26.3 Å². The fraction of sp³-hybridized carbons (Fsp3) is 0.167. The van der Waals surface area contributed by atoms with E-state index in [1.54, 1.807) is 24.3 Å². The Bertz CT molecular complexity index is 826. The van der Waals surface area contributed by atoms with Crippen molar-refractivity contribution in [3.63, 3.8) is 0 Å². The van der Waals surface area contributed by atoms with Crippen molar-refractivity contribution in [2.75, 3.05) is 0 Å². The van der Waals surface area contributed by atoms with E-state index in [9.17, 15) is 22.4 Å². The number of carbonyl (C=O) groups excluding carboxylic acids is 1. The average molecular weight is 415 g/mol. The highest BCUT2D eigenvalue weighted by atomic mass is 79.9. The van der Waals surface area contributed by atoms with Gasteiger partial charge in [0, 0.05) is 16.5 Å². The first-order chi connectivity index (χ1) is 11.7. The van der Waals surface area contributed by atoms with Crippen molar-refractivity contribution in [3.8, 4) is 0 Å². The van der Waals surface area contributed by atoms with E-state index in [0.29, 0.717) is 5.56 Å². The highest BCUT2D eigenvalue weighted by Crippen LogP contribution is 2.43. The first-order valence-corrected chi connectivity index (χ1v) is 8.03. The maximum Gasteiger partial charge on any atom is 0.423 e. The molecule has 0 aromatic heterocycles. The van der Waals surface area contributed by atoms with Crippen LogP contribution < -0.4 is 0 Å². The van der Waals surface area contributed by atoms with Gasteiger partial charge in [-0.1, -0.05) is 40.2 Å². The zero-order valence-electron chi connectivity index (χ0n) is 12.6. The second kappa shape index (κ2) is 6.29. The van der Waals surface area contributed by atoms with E-state index in [-0.39, 0.29) is 12.0 Å². The summed E-state index contributed by atoms with van der Waals surface area (Å²) in [6.45, 7) is 0. The van der Waals surface area contributed by atoms with Crippen molar-refractivity contribution in [1.82, 2.24) is 0 Å². The van der Waals surface area contributed by atoms with Gasteiger partial charge in [0.2, 0.25) is 0 Å². The summed E-state index contributed by atoms with van der Waals surface area (Å²) in [4.78, 5) is 11.8. The Balaban J connectivity index is 2.09. The molecule has 0 N–H and O–H groups in total. The molecular formula is C18H11BrF4O2. The summed E-state index contributed by atoms with van der Waals surface area (Å²) < 4.78 is 58.4. The number of alkyl halides is 3. The molecule has 0 radical (unpaired) electrons. The number of cyclic esters (lactones) is 1. The van der Waals surface area contributed by atoms with E-state index < -0.39 is 29.1 Å². The van der Waals surface area contributed by atoms with Gasteiger partial charge in [0.15, 0.2) is 5.60 Å². The number of ether oxygens (including phenoxy) is 1. The number of carbonyl (C=O) groups is 1. The van der Waals surface area contributed by atoms with Gasteiger partial charge < -0.3 is 4.74 Å². The third kappa shape index (κ3) is 3.61. The van der Waals surface area contributed by atoms with Crippen molar-refractivity contribution >= 4 is 21.9 Å². The molecule has 0 saturated heterocycles. The number of esters is 1. The maximum atomic E-state index is 13.2. The van der Waals surface area contributed by atoms with E-state index in [4.69, 9.17) is 4.74 Å². The molecule has 7 heteroatoms. The normalized spacial score (nSPS) is 20.4. The molecule has 25 heavy (non-hydrogen) atoms. The quantitative estimate of drug-likeness (QED) is 0.517. The van der Waals surface area contributed by atoms with E-state index in [1.165, 1.54) is 12.1 Å². The Morgan fingerprint density at radius 3 is 2.12 bits per heavy atom. The van der Waals surface area contributed by atoms with Crippen LogP contribution in [0.5, 0.6) is 0 Å². The molecule has 0 fully saturated rings. The molecule has 0 bridgehead atoms. The van der Waals surface area contributed by atoms with Crippen molar-refractivity contribution in [3.05, 3.63) is 81.6 Å². The Morgan fingerprint density at radius 1 is 1.00 bits per heavy atom. The van der Waals surface area contributed by atoms with Crippen LogP contribution in [-0.2, 0) is 21.6 Å². The van der Waals surface area contributed by atoms with Gasteiger partial charge in [-0.2, -0.15) is 13.2 Å². The van der Waals surface area contributed by atoms with E-state index >= 15 is 0 Å². The third-order valence-electron chi connectivity index (χ3n) is 3.89. The van der Waals surface area contributed by atoms with Gasteiger partial charge in [0.05, 0.1) is 0 Å². The smallest absolute Gasteiger partial charge is 0.423 e. The zero-order chi connectivity index (χ0) is 18.2. The van der Waals surface area contributed by atoms with E-state index in [1.807, 2.05) is 0 Å². The summed E-state index contributed by atoms with van der Waals surface area (Å²) >= 11 is 3.28. The first-order valence-electron chi connectivity index (χ1n) is 7.23. The number of benzene rings is 2. The fourth-order valence-corrected chi connectivity index (χ4v) is 2.97. The highest BCUT2D eigenvalue weighted by Gasteiger charge is 2.51. The molecule has 1 atom stereocenters. The van der Waals surface area contributed by atoms with Crippen LogP contribution in [0.1, 0.15) is 11.1 Å². The second-order valence-corrected chi connectivity index (χ2v) is 6.56. The van der Waals surface area contributed by atoms with E-state index in [0.717, 1.165) is 22.7 Å². The first kappa shape index (κ1) is 17.7. The Labute approximate surface area is 149 Å². The lowest BCUT2D eigenvalue weighted by molar-refractivity contribution is -0.155. The maximum absolute atomic E-state index is 13.2. The van der Waals surface area contributed by atoms with Crippen LogP contribution in [0.15, 0.2) is 64.7 Å². The number of hydrogen-bond acceptors (Lipinski definition) is 2. The molecule has 2 aromatic rings. The van der Waals surface area contributed by atoms with Crippen molar-refractivity contribution in [2.45, 2.75) is 18.2 Å².